The molecule has 0 aromatic heterocycles. The lowest BCUT2D eigenvalue weighted by molar-refractivity contribution is -0.140. The number of carbonyl (C=O) groups is 3. The molecule has 1 saturated heterocycles. The maximum Gasteiger partial charge on any atom is 0.261 e. The van der Waals surface area contributed by atoms with Crippen LogP contribution in [-0.2, 0) is 20.9 Å². The lowest BCUT2D eigenvalue weighted by Crippen LogP contribution is -2.46. The summed E-state index contributed by atoms with van der Waals surface area (Å²) in [4.78, 5) is 41.8. The molecule has 0 spiro atoms. The second-order valence-corrected chi connectivity index (χ2v) is 8.07. The smallest absolute Gasteiger partial charge is 0.261 e. The molecule has 0 N–H and O–H groups in total. The van der Waals surface area contributed by atoms with Crippen LogP contribution in [0, 0.1) is 11.3 Å². The number of nitrogens with zero attached hydrogens (tertiary/aromatic N) is 3. The summed E-state index contributed by atoms with van der Waals surface area (Å²) >= 11 is 6.31. The van der Waals surface area contributed by atoms with Gasteiger partial charge in [0.1, 0.15) is 11.8 Å². The number of hydrogen-bond donors (Lipinski definition) is 0. The zero-order valence-electron chi connectivity index (χ0n) is 18.1. The fourth-order valence-electron chi connectivity index (χ4n) is 3.74. The summed E-state index contributed by atoms with van der Waals surface area (Å²) in [7, 11) is 0. The van der Waals surface area contributed by atoms with Crippen LogP contribution in [0.1, 0.15) is 17.5 Å². The number of anilines is 1. The average Bonchev–Trinajstić information content (AvgIpc) is 3.16. The summed E-state index contributed by atoms with van der Waals surface area (Å²) in [5.74, 6) is -0.881. The first-order valence-electron chi connectivity index (χ1n) is 10.6. The van der Waals surface area contributed by atoms with Crippen LogP contribution in [0.25, 0.3) is 0 Å². The molecule has 8 heteroatoms. The molecule has 7 nitrogen and oxygen atoms in total. The van der Waals surface area contributed by atoms with Crippen LogP contribution < -0.4 is 9.64 Å². The topological polar surface area (TPSA) is 90.7 Å². The Labute approximate surface area is 201 Å². The third-order valence-corrected chi connectivity index (χ3v) is 5.85. The molecule has 0 radical (unpaired) electrons. The van der Waals surface area contributed by atoms with Crippen molar-refractivity contribution in [1.82, 2.24) is 4.90 Å². The Morgan fingerprint density at radius 1 is 1.03 bits per heavy atom. The van der Waals surface area contributed by atoms with E-state index in [0.717, 1.165) is 4.90 Å². The van der Waals surface area contributed by atoms with Gasteiger partial charge in [0.05, 0.1) is 23.7 Å². The number of hydrogen-bond acceptors (Lipinski definition) is 5. The molecule has 0 bridgehead atoms. The van der Waals surface area contributed by atoms with Crippen LogP contribution in [0.2, 0.25) is 5.02 Å². The molecule has 3 aromatic rings. The summed E-state index contributed by atoms with van der Waals surface area (Å²) in [6.07, 6.45) is -0.166. The van der Waals surface area contributed by atoms with E-state index in [1.807, 2.05) is 12.1 Å². The zero-order valence-corrected chi connectivity index (χ0v) is 18.8. The number of imide groups is 1. The molecule has 0 aliphatic carbocycles. The Morgan fingerprint density at radius 2 is 1.71 bits per heavy atom. The lowest BCUT2D eigenvalue weighted by atomic mass is 10.1. The maximum atomic E-state index is 13.3. The molecule has 170 valence electrons. The molecule has 0 saturated carbocycles. The third-order valence-electron chi connectivity index (χ3n) is 5.48. The summed E-state index contributed by atoms with van der Waals surface area (Å²) < 4.78 is 5.61. The average molecular weight is 474 g/mol. The van der Waals surface area contributed by atoms with Gasteiger partial charge in [-0.25, -0.2) is 4.90 Å². The van der Waals surface area contributed by atoms with Crippen molar-refractivity contribution in [2.75, 3.05) is 11.5 Å². The number of benzene rings is 3. The minimum absolute atomic E-state index is 0.0432. The van der Waals surface area contributed by atoms with Gasteiger partial charge in [0.15, 0.2) is 6.61 Å². The molecule has 1 atom stereocenters. The molecular formula is C26H20ClN3O4. The van der Waals surface area contributed by atoms with E-state index in [1.54, 1.807) is 48.5 Å². The third kappa shape index (κ3) is 4.92. The maximum absolute atomic E-state index is 13.3. The first-order valence-corrected chi connectivity index (χ1v) is 10.9. The van der Waals surface area contributed by atoms with Crippen LogP contribution >= 0.6 is 11.6 Å². The first-order chi connectivity index (χ1) is 16.5. The van der Waals surface area contributed by atoms with Gasteiger partial charge < -0.3 is 9.64 Å². The van der Waals surface area contributed by atoms with Gasteiger partial charge in [0.2, 0.25) is 5.91 Å². The van der Waals surface area contributed by atoms with Crippen LogP contribution in [0.3, 0.4) is 0 Å². The van der Waals surface area contributed by atoms with Gasteiger partial charge in [-0.2, -0.15) is 5.26 Å². The Morgan fingerprint density at radius 3 is 2.38 bits per heavy atom. The number of carbonyl (C=O) groups excluding carboxylic acids is 3. The van der Waals surface area contributed by atoms with E-state index in [1.165, 1.54) is 29.2 Å². The van der Waals surface area contributed by atoms with E-state index in [0.29, 0.717) is 27.6 Å². The highest BCUT2D eigenvalue weighted by Crippen LogP contribution is 2.28. The fraction of sp³-hybridized carbons (Fsp3) is 0.154. The summed E-state index contributed by atoms with van der Waals surface area (Å²) in [6.45, 7) is -0.259. The molecule has 1 unspecified atom stereocenters. The minimum atomic E-state index is -1.01. The first kappa shape index (κ1) is 23.0. The van der Waals surface area contributed by atoms with Crippen molar-refractivity contribution in [2.24, 2.45) is 0 Å². The van der Waals surface area contributed by atoms with E-state index < -0.39 is 23.8 Å². The van der Waals surface area contributed by atoms with Gasteiger partial charge in [0.25, 0.3) is 11.8 Å². The van der Waals surface area contributed by atoms with Crippen LogP contribution in [-0.4, -0.2) is 35.3 Å². The van der Waals surface area contributed by atoms with Gasteiger partial charge in [-0.05, 0) is 48.0 Å². The standard InChI is InChI=1S/C26H20ClN3O4/c27-22-9-5-4-6-19(22)16-29(25(32)17-34-21-7-2-1-3-8-21)23-14-24(31)30(26(23)33)20-12-10-18(15-28)11-13-20/h1-13,23H,14,16-17H2. The number of halogens is 1. The van der Waals surface area contributed by atoms with E-state index in [9.17, 15) is 14.4 Å². The molecule has 1 aliphatic rings. The summed E-state index contributed by atoms with van der Waals surface area (Å²) in [6, 6.07) is 23.0. The second-order valence-electron chi connectivity index (χ2n) is 7.66. The predicted octanol–water partition coefficient (Wildman–Crippen LogP) is 3.95. The Kier molecular flexibility index (Phi) is 6.90. The Balaban J connectivity index is 1.60. The van der Waals surface area contributed by atoms with Crippen LogP contribution in [0.4, 0.5) is 5.69 Å². The van der Waals surface area contributed by atoms with E-state index in [-0.39, 0.29) is 19.6 Å². The van der Waals surface area contributed by atoms with E-state index in [4.69, 9.17) is 21.6 Å². The van der Waals surface area contributed by atoms with Crippen LogP contribution in [0.5, 0.6) is 5.75 Å². The Bertz CT molecular complexity index is 1260. The SMILES string of the molecule is N#Cc1ccc(N2C(=O)CC(N(Cc3ccccc3Cl)C(=O)COc3ccccc3)C2=O)cc1. The largest absolute Gasteiger partial charge is 0.484 e. The number of rotatable bonds is 7. The monoisotopic (exact) mass is 473 g/mol. The quantitative estimate of drug-likeness (QED) is 0.484. The summed E-state index contributed by atoms with van der Waals surface area (Å²) in [5.41, 5.74) is 1.41. The normalized spacial score (nSPS) is 15.2. The number of para-hydroxylation sites is 1. The molecule has 3 amide bonds. The van der Waals surface area contributed by atoms with Gasteiger partial charge in [-0.3, -0.25) is 14.4 Å². The van der Waals surface area contributed by atoms with E-state index in [2.05, 4.69) is 0 Å². The predicted molar refractivity (Wildman–Crippen MR) is 126 cm³/mol. The highest BCUT2D eigenvalue weighted by Gasteiger charge is 2.44. The van der Waals surface area contributed by atoms with Crippen LogP contribution in [0.15, 0.2) is 78.9 Å². The molecule has 1 aliphatic heterocycles. The van der Waals surface area contributed by atoms with Crippen molar-refractivity contribution in [2.45, 2.75) is 19.0 Å². The van der Waals surface area contributed by atoms with Crippen molar-refractivity contribution in [3.63, 3.8) is 0 Å². The van der Waals surface area contributed by atoms with Crippen molar-refractivity contribution in [3.8, 4) is 11.8 Å². The Hall–Kier alpha value is -4.15. The van der Waals surface area contributed by atoms with Crippen molar-refractivity contribution in [1.29, 1.82) is 5.26 Å². The van der Waals surface area contributed by atoms with Gasteiger partial charge >= 0.3 is 0 Å². The highest BCUT2D eigenvalue weighted by atomic mass is 35.5. The number of nitriles is 1. The summed E-state index contributed by atoms with van der Waals surface area (Å²) in [5, 5.41) is 9.45. The second kappa shape index (κ2) is 10.2. The molecular weight excluding hydrogens is 454 g/mol. The number of ether oxygens (including phenoxy) is 1. The minimum Gasteiger partial charge on any atom is -0.484 e. The number of amides is 3. The zero-order chi connectivity index (χ0) is 24.1. The molecule has 1 fully saturated rings. The molecule has 4 rings (SSSR count). The highest BCUT2D eigenvalue weighted by molar-refractivity contribution is 6.31. The van der Waals surface area contributed by atoms with E-state index >= 15 is 0 Å². The molecule has 1 heterocycles. The van der Waals surface area contributed by atoms with Gasteiger partial charge in [0, 0.05) is 11.6 Å². The van der Waals surface area contributed by atoms with Crippen molar-refractivity contribution >= 4 is 35.0 Å². The van der Waals surface area contributed by atoms with Crippen molar-refractivity contribution in [3.05, 3.63) is 95.0 Å². The lowest BCUT2D eigenvalue weighted by Gasteiger charge is -2.28. The van der Waals surface area contributed by atoms with Gasteiger partial charge in [-0.15, -0.1) is 0 Å². The molecule has 3 aromatic carbocycles. The van der Waals surface area contributed by atoms with Crippen molar-refractivity contribution < 1.29 is 19.1 Å². The fourth-order valence-corrected chi connectivity index (χ4v) is 3.94. The molecule has 34 heavy (non-hydrogen) atoms. The van der Waals surface area contributed by atoms with Gasteiger partial charge in [-0.1, -0.05) is 48.0 Å².